The highest BCUT2D eigenvalue weighted by Gasteiger charge is 2.13. The van der Waals surface area contributed by atoms with E-state index in [4.69, 9.17) is 5.73 Å². The van der Waals surface area contributed by atoms with E-state index in [9.17, 15) is 0 Å². The van der Waals surface area contributed by atoms with Crippen molar-refractivity contribution in [2.45, 2.75) is 25.9 Å². The zero-order valence-electron chi connectivity index (χ0n) is 9.50. The Morgan fingerprint density at radius 3 is 2.69 bits per heavy atom. The van der Waals surface area contributed by atoms with Crippen LogP contribution >= 0.6 is 0 Å². The van der Waals surface area contributed by atoms with Crippen molar-refractivity contribution in [2.24, 2.45) is 5.73 Å². The predicted octanol–water partition coefficient (Wildman–Crippen LogP) is 2.34. The lowest BCUT2D eigenvalue weighted by atomic mass is 10.0. The molecule has 1 atom stereocenters. The molecule has 3 heteroatoms. The summed E-state index contributed by atoms with van der Waals surface area (Å²) in [7, 11) is 0. The van der Waals surface area contributed by atoms with E-state index in [1.54, 1.807) is 0 Å². The van der Waals surface area contributed by atoms with Crippen LogP contribution in [-0.2, 0) is 6.54 Å². The van der Waals surface area contributed by atoms with Gasteiger partial charge in [0.2, 0.25) is 0 Å². The smallest absolute Gasteiger partial charge is 0.0954 e. The molecule has 0 saturated carbocycles. The van der Waals surface area contributed by atoms with Gasteiger partial charge in [-0.3, -0.25) is 0 Å². The molecule has 1 heterocycles. The van der Waals surface area contributed by atoms with Crippen molar-refractivity contribution in [2.75, 3.05) is 0 Å². The molecule has 0 fully saturated rings. The Labute approximate surface area is 95.9 Å². The number of aromatic nitrogens is 2. The summed E-state index contributed by atoms with van der Waals surface area (Å²) in [6, 6.07) is 10.8. The first-order chi connectivity index (χ1) is 7.86. The molecule has 0 aliphatic carbocycles. The molecule has 84 valence electrons. The van der Waals surface area contributed by atoms with Gasteiger partial charge in [-0.25, -0.2) is 4.98 Å². The van der Waals surface area contributed by atoms with E-state index in [1.807, 2.05) is 18.6 Å². The molecule has 0 aliphatic heterocycles. The van der Waals surface area contributed by atoms with Gasteiger partial charge < -0.3 is 10.3 Å². The van der Waals surface area contributed by atoms with E-state index in [-0.39, 0.29) is 0 Å². The van der Waals surface area contributed by atoms with Crippen LogP contribution in [0.25, 0.3) is 0 Å². The first-order valence-electron chi connectivity index (χ1n) is 5.62. The van der Waals surface area contributed by atoms with Crippen LogP contribution < -0.4 is 5.73 Å². The molecule has 0 amide bonds. The molecule has 0 spiro atoms. The second-order valence-electron chi connectivity index (χ2n) is 3.83. The molecule has 1 aromatic carbocycles. The second kappa shape index (κ2) is 4.94. The van der Waals surface area contributed by atoms with E-state index < -0.39 is 0 Å². The summed E-state index contributed by atoms with van der Waals surface area (Å²) in [5.41, 5.74) is 8.09. The summed E-state index contributed by atoms with van der Waals surface area (Å²) in [4.78, 5) is 4.17. The van der Waals surface area contributed by atoms with Gasteiger partial charge in [0.1, 0.15) is 0 Å². The minimum atomic E-state index is 0.335. The molecule has 0 saturated heterocycles. The fourth-order valence-corrected chi connectivity index (χ4v) is 2.04. The summed E-state index contributed by atoms with van der Waals surface area (Å²) in [6.45, 7) is 2.71. The van der Waals surface area contributed by atoms with Crippen molar-refractivity contribution >= 4 is 0 Å². The molecule has 0 aliphatic rings. The second-order valence-corrected chi connectivity index (χ2v) is 3.83. The van der Waals surface area contributed by atoms with Crippen molar-refractivity contribution in [3.63, 3.8) is 0 Å². The quantitative estimate of drug-likeness (QED) is 0.850. The Morgan fingerprint density at radius 2 is 2.06 bits per heavy atom. The molecule has 3 nitrogen and oxygen atoms in total. The molecular formula is C13H17N3. The van der Waals surface area contributed by atoms with Crippen LogP contribution in [0.3, 0.4) is 0 Å². The van der Waals surface area contributed by atoms with Crippen LogP contribution in [0.1, 0.15) is 30.6 Å². The summed E-state index contributed by atoms with van der Waals surface area (Å²) in [6.07, 6.45) is 4.74. The molecule has 0 radical (unpaired) electrons. The van der Waals surface area contributed by atoms with Crippen molar-refractivity contribution in [3.05, 3.63) is 54.1 Å². The number of nitrogens with two attached hydrogens (primary N) is 1. The Kier molecular flexibility index (Phi) is 3.37. The minimum Gasteiger partial charge on any atom is -0.326 e. The maximum atomic E-state index is 5.70. The normalized spacial score (nSPS) is 12.6. The topological polar surface area (TPSA) is 43.8 Å². The van der Waals surface area contributed by atoms with Crippen LogP contribution in [0, 0.1) is 0 Å². The van der Waals surface area contributed by atoms with Gasteiger partial charge in [0.25, 0.3) is 0 Å². The van der Waals surface area contributed by atoms with Crippen LogP contribution in [0.5, 0.6) is 0 Å². The number of hydrogen-bond acceptors (Lipinski definition) is 2. The molecule has 0 bridgehead atoms. The van der Waals surface area contributed by atoms with Crippen molar-refractivity contribution in [1.29, 1.82) is 0 Å². The Morgan fingerprint density at radius 1 is 1.31 bits per heavy atom. The molecular weight excluding hydrogens is 198 g/mol. The summed E-state index contributed by atoms with van der Waals surface area (Å²) >= 11 is 0. The number of hydrogen-bond donors (Lipinski definition) is 1. The number of imidazole rings is 1. The lowest BCUT2D eigenvalue weighted by Crippen LogP contribution is -2.13. The van der Waals surface area contributed by atoms with Gasteiger partial charge in [0, 0.05) is 12.7 Å². The zero-order valence-corrected chi connectivity index (χ0v) is 9.50. The largest absolute Gasteiger partial charge is 0.326 e. The molecule has 2 aromatic rings. The molecule has 2 rings (SSSR count). The third-order valence-electron chi connectivity index (χ3n) is 2.86. The SMILES string of the molecule is CCC(c1ccccc1)n1cncc1CN. The summed E-state index contributed by atoms with van der Waals surface area (Å²) in [5, 5.41) is 0. The van der Waals surface area contributed by atoms with E-state index in [1.165, 1.54) is 5.56 Å². The number of rotatable bonds is 4. The van der Waals surface area contributed by atoms with Crippen molar-refractivity contribution < 1.29 is 0 Å². The average Bonchev–Trinajstić information content (AvgIpc) is 2.80. The third kappa shape index (κ3) is 1.99. The monoisotopic (exact) mass is 215 g/mol. The fourth-order valence-electron chi connectivity index (χ4n) is 2.04. The van der Waals surface area contributed by atoms with Gasteiger partial charge in [-0.05, 0) is 12.0 Å². The lowest BCUT2D eigenvalue weighted by Gasteiger charge is -2.19. The van der Waals surface area contributed by atoms with Gasteiger partial charge >= 0.3 is 0 Å². The zero-order chi connectivity index (χ0) is 11.4. The van der Waals surface area contributed by atoms with Crippen LogP contribution in [0.15, 0.2) is 42.9 Å². The Balaban J connectivity index is 2.37. The Hall–Kier alpha value is -1.61. The van der Waals surface area contributed by atoms with Crippen molar-refractivity contribution in [3.8, 4) is 0 Å². The van der Waals surface area contributed by atoms with Gasteiger partial charge in [0.15, 0.2) is 0 Å². The highest BCUT2D eigenvalue weighted by molar-refractivity contribution is 5.21. The molecule has 2 N–H and O–H groups in total. The Bertz CT molecular complexity index is 433. The molecule has 1 aromatic heterocycles. The standard InChI is InChI=1S/C13H17N3/c1-2-13(11-6-4-3-5-7-11)16-10-15-9-12(16)8-14/h3-7,9-10,13H,2,8,14H2,1H3. The van der Waals surface area contributed by atoms with E-state index in [0.717, 1.165) is 12.1 Å². The van der Waals surface area contributed by atoms with Gasteiger partial charge in [-0.1, -0.05) is 37.3 Å². The first-order valence-corrected chi connectivity index (χ1v) is 5.62. The average molecular weight is 215 g/mol. The molecule has 16 heavy (non-hydrogen) atoms. The maximum Gasteiger partial charge on any atom is 0.0954 e. The molecule has 1 unspecified atom stereocenters. The van der Waals surface area contributed by atoms with E-state index >= 15 is 0 Å². The van der Waals surface area contributed by atoms with Crippen LogP contribution in [0.4, 0.5) is 0 Å². The van der Waals surface area contributed by atoms with Gasteiger partial charge in [-0.15, -0.1) is 0 Å². The highest BCUT2D eigenvalue weighted by Crippen LogP contribution is 2.22. The number of nitrogens with zero attached hydrogens (tertiary/aromatic N) is 2. The van der Waals surface area contributed by atoms with Crippen molar-refractivity contribution in [1.82, 2.24) is 9.55 Å². The van der Waals surface area contributed by atoms with E-state index in [2.05, 4.69) is 40.7 Å². The predicted molar refractivity (Wildman–Crippen MR) is 65.0 cm³/mol. The number of benzene rings is 1. The maximum absolute atomic E-state index is 5.70. The van der Waals surface area contributed by atoms with E-state index in [0.29, 0.717) is 12.6 Å². The summed E-state index contributed by atoms with van der Waals surface area (Å²) < 4.78 is 2.16. The summed E-state index contributed by atoms with van der Waals surface area (Å²) in [5.74, 6) is 0. The fraction of sp³-hybridized carbons (Fsp3) is 0.308. The first kappa shape index (κ1) is 10.9. The van der Waals surface area contributed by atoms with Gasteiger partial charge in [-0.2, -0.15) is 0 Å². The van der Waals surface area contributed by atoms with Crippen LogP contribution in [0.2, 0.25) is 0 Å². The highest BCUT2D eigenvalue weighted by atomic mass is 15.1. The lowest BCUT2D eigenvalue weighted by molar-refractivity contribution is 0.546. The third-order valence-corrected chi connectivity index (χ3v) is 2.86. The van der Waals surface area contributed by atoms with Gasteiger partial charge in [0.05, 0.1) is 18.1 Å². The van der Waals surface area contributed by atoms with Crippen LogP contribution in [-0.4, -0.2) is 9.55 Å². The minimum absolute atomic E-state index is 0.335.